The van der Waals surface area contributed by atoms with Crippen molar-refractivity contribution in [3.05, 3.63) is 23.8 Å². The molecule has 1 amide bonds. The molecule has 6 nitrogen and oxygen atoms in total. The first-order valence-electron chi connectivity index (χ1n) is 5.17. The van der Waals surface area contributed by atoms with Crippen LogP contribution < -0.4 is 44.7 Å². The largest absolute Gasteiger partial charge is 1.00 e. The van der Waals surface area contributed by atoms with E-state index in [1.165, 1.54) is 6.07 Å². The number of rotatable bonds is 3. The van der Waals surface area contributed by atoms with E-state index >= 15 is 0 Å². The summed E-state index contributed by atoms with van der Waals surface area (Å²) >= 11 is 0. The molecular formula is C12H11N2NaO4. The van der Waals surface area contributed by atoms with Gasteiger partial charge in [0.1, 0.15) is 23.4 Å². The van der Waals surface area contributed by atoms with Crippen LogP contribution in [0.1, 0.15) is 19.4 Å². The van der Waals surface area contributed by atoms with Crippen molar-refractivity contribution >= 4 is 17.6 Å². The van der Waals surface area contributed by atoms with E-state index in [1.807, 2.05) is 6.07 Å². The number of ether oxygens (including phenoxy) is 1. The minimum atomic E-state index is -1.87. The summed E-state index contributed by atoms with van der Waals surface area (Å²) < 4.78 is 5.38. The number of nitrogens with zero attached hydrogens (tertiary/aromatic N) is 1. The molecule has 0 aromatic heterocycles. The van der Waals surface area contributed by atoms with Crippen LogP contribution in [0.5, 0.6) is 5.75 Å². The Labute approximate surface area is 132 Å². The number of anilines is 1. The second-order valence-corrected chi connectivity index (χ2v) is 3.70. The number of nitriles is 1. The maximum atomic E-state index is 11.0. The van der Waals surface area contributed by atoms with E-state index in [1.54, 1.807) is 26.0 Å². The summed E-state index contributed by atoms with van der Waals surface area (Å²) in [7, 11) is 0. The maximum Gasteiger partial charge on any atom is 1.00 e. The number of hydrogen-bond donors (Lipinski definition) is 1. The normalized spacial score (nSPS) is 9.16. The van der Waals surface area contributed by atoms with Crippen LogP contribution in [0.2, 0.25) is 0 Å². The maximum absolute atomic E-state index is 11.0. The Morgan fingerprint density at radius 3 is 2.53 bits per heavy atom. The zero-order chi connectivity index (χ0) is 13.7. The topological polar surface area (TPSA) is 102 Å². The van der Waals surface area contributed by atoms with E-state index in [2.05, 4.69) is 5.32 Å². The van der Waals surface area contributed by atoms with Crippen LogP contribution in [0.3, 0.4) is 0 Å². The summed E-state index contributed by atoms with van der Waals surface area (Å²) in [6.45, 7) is 3.57. The monoisotopic (exact) mass is 270 g/mol. The Kier molecular flexibility index (Phi) is 7.16. The van der Waals surface area contributed by atoms with Gasteiger partial charge in [0.2, 0.25) is 0 Å². The predicted molar refractivity (Wildman–Crippen MR) is 60.6 cm³/mol. The number of carbonyl (C=O) groups is 2. The molecule has 0 saturated heterocycles. The van der Waals surface area contributed by atoms with Crippen molar-refractivity contribution in [1.82, 2.24) is 0 Å². The third-order valence-corrected chi connectivity index (χ3v) is 1.93. The molecule has 0 heterocycles. The molecule has 0 unspecified atom stereocenters. The van der Waals surface area contributed by atoms with Crippen molar-refractivity contribution in [1.29, 1.82) is 5.26 Å². The van der Waals surface area contributed by atoms with E-state index in [-0.39, 0.29) is 52.7 Å². The van der Waals surface area contributed by atoms with Crippen molar-refractivity contribution in [2.45, 2.75) is 20.0 Å². The first kappa shape index (κ1) is 17.4. The molecule has 0 fully saturated rings. The van der Waals surface area contributed by atoms with Gasteiger partial charge in [0.05, 0.1) is 11.8 Å². The molecule has 1 rings (SSSR count). The molecule has 19 heavy (non-hydrogen) atoms. The van der Waals surface area contributed by atoms with Crippen molar-refractivity contribution in [2.75, 3.05) is 5.32 Å². The summed E-state index contributed by atoms with van der Waals surface area (Å²) in [6.07, 6.45) is -0.149. The molecule has 0 bridgehead atoms. The van der Waals surface area contributed by atoms with Crippen LogP contribution in [0, 0.1) is 11.3 Å². The number of carboxylic acids is 1. The van der Waals surface area contributed by atoms with Gasteiger partial charge in [-0.1, -0.05) is 6.07 Å². The SMILES string of the molecule is CC(C)Oc1cccc(NC(=O)C(=O)[O-])c1C#N.[Na+]. The molecule has 0 aliphatic rings. The molecule has 0 aliphatic heterocycles. The number of nitrogens with one attached hydrogen (secondary N) is 1. The van der Waals surface area contributed by atoms with E-state index in [0.717, 1.165) is 0 Å². The Hall–Kier alpha value is -1.55. The number of aliphatic carboxylic acids is 1. The fourth-order valence-corrected chi connectivity index (χ4v) is 1.28. The van der Waals surface area contributed by atoms with Gasteiger partial charge in [0.15, 0.2) is 0 Å². The fraction of sp³-hybridized carbons (Fsp3) is 0.250. The van der Waals surface area contributed by atoms with Gasteiger partial charge in [-0.25, -0.2) is 0 Å². The molecule has 0 atom stereocenters. The fourth-order valence-electron chi connectivity index (χ4n) is 1.28. The first-order valence-corrected chi connectivity index (χ1v) is 5.17. The average Bonchev–Trinajstić information content (AvgIpc) is 2.28. The van der Waals surface area contributed by atoms with Gasteiger partial charge >= 0.3 is 29.6 Å². The number of amides is 1. The third kappa shape index (κ3) is 4.91. The number of carboxylic acid groups (broad SMARTS) is 1. The minimum Gasteiger partial charge on any atom is -0.540 e. The van der Waals surface area contributed by atoms with Crippen molar-refractivity contribution in [3.63, 3.8) is 0 Å². The standard InChI is InChI=1S/C12H12N2O4.Na/c1-7(2)18-10-5-3-4-9(8(10)6-13)14-11(15)12(16)17;/h3-5,7H,1-2H3,(H,14,15)(H,16,17);/q;+1/p-1. The number of hydrogen-bond acceptors (Lipinski definition) is 5. The summed E-state index contributed by atoms with van der Waals surface area (Å²) in [5.74, 6) is -2.90. The van der Waals surface area contributed by atoms with Crippen molar-refractivity contribution in [3.8, 4) is 11.8 Å². The van der Waals surface area contributed by atoms with Crippen LogP contribution in [-0.4, -0.2) is 18.0 Å². The molecule has 0 aliphatic carbocycles. The van der Waals surface area contributed by atoms with Gasteiger partial charge in [0.25, 0.3) is 5.91 Å². The second kappa shape index (κ2) is 7.79. The van der Waals surface area contributed by atoms with Gasteiger partial charge in [-0.15, -0.1) is 0 Å². The Morgan fingerprint density at radius 1 is 1.42 bits per heavy atom. The quantitative estimate of drug-likeness (QED) is 0.467. The summed E-state index contributed by atoms with van der Waals surface area (Å²) in [6, 6.07) is 6.38. The summed E-state index contributed by atoms with van der Waals surface area (Å²) in [5.41, 5.74) is 0.144. The number of carbonyl (C=O) groups excluding carboxylic acids is 2. The molecule has 0 radical (unpaired) electrons. The molecule has 7 heteroatoms. The van der Waals surface area contributed by atoms with E-state index < -0.39 is 11.9 Å². The smallest absolute Gasteiger partial charge is 0.540 e. The first-order chi connectivity index (χ1) is 8.45. The second-order valence-electron chi connectivity index (χ2n) is 3.70. The average molecular weight is 270 g/mol. The third-order valence-electron chi connectivity index (χ3n) is 1.93. The van der Waals surface area contributed by atoms with Crippen LogP contribution in [-0.2, 0) is 9.59 Å². The molecule has 1 aromatic rings. The molecule has 94 valence electrons. The Bertz CT molecular complexity index is 523. The van der Waals surface area contributed by atoms with E-state index in [9.17, 15) is 14.7 Å². The van der Waals surface area contributed by atoms with Gasteiger partial charge < -0.3 is 20.0 Å². The summed E-state index contributed by atoms with van der Waals surface area (Å²) in [4.78, 5) is 21.3. The molecule has 1 N–H and O–H groups in total. The Morgan fingerprint density at radius 2 is 2.05 bits per heavy atom. The van der Waals surface area contributed by atoms with Gasteiger partial charge in [-0.3, -0.25) is 4.79 Å². The van der Waals surface area contributed by atoms with Crippen LogP contribution >= 0.6 is 0 Å². The van der Waals surface area contributed by atoms with E-state index in [0.29, 0.717) is 0 Å². The van der Waals surface area contributed by atoms with Crippen molar-refractivity contribution < 1.29 is 49.0 Å². The van der Waals surface area contributed by atoms with Crippen molar-refractivity contribution in [2.24, 2.45) is 0 Å². The number of benzene rings is 1. The molecular weight excluding hydrogens is 259 g/mol. The molecule has 0 saturated carbocycles. The molecule has 0 spiro atoms. The van der Waals surface area contributed by atoms with Crippen LogP contribution in [0.25, 0.3) is 0 Å². The Balaban J connectivity index is 0.00000324. The minimum absolute atomic E-state index is 0. The predicted octanol–water partition coefficient (Wildman–Crippen LogP) is -2.96. The zero-order valence-electron chi connectivity index (χ0n) is 10.9. The van der Waals surface area contributed by atoms with Gasteiger partial charge in [-0.2, -0.15) is 5.26 Å². The van der Waals surface area contributed by atoms with E-state index in [4.69, 9.17) is 10.00 Å². The molecule has 1 aromatic carbocycles. The summed E-state index contributed by atoms with van der Waals surface area (Å²) in [5, 5.41) is 21.4. The van der Waals surface area contributed by atoms with Crippen LogP contribution in [0.15, 0.2) is 18.2 Å². The van der Waals surface area contributed by atoms with Crippen LogP contribution in [0.4, 0.5) is 5.69 Å². The zero-order valence-corrected chi connectivity index (χ0v) is 12.9. The van der Waals surface area contributed by atoms with Gasteiger partial charge in [0, 0.05) is 0 Å². The van der Waals surface area contributed by atoms with Gasteiger partial charge in [-0.05, 0) is 26.0 Å².